The van der Waals surface area contributed by atoms with E-state index >= 15 is 0 Å². The molecule has 0 spiro atoms. The van der Waals surface area contributed by atoms with Crippen LogP contribution in [0.1, 0.15) is 18.6 Å². The van der Waals surface area contributed by atoms with Gasteiger partial charge in [-0.25, -0.2) is 0 Å². The van der Waals surface area contributed by atoms with Gasteiger partial charge in [0.2, 0.25) is 0 Å². The largest absolute Gasteiger partial charge is 0.390 e. The average molecular weight is 297 g/mol. The Balaban J connectivity index is 1.78. The van der Waals surface area contributed by atoms with Gasteiger partial charge in [0, 0.05) is 32.7 Å². The Morgan fingerprint density at radius 3 is 2.71 bits per heavy atom. The van der Waals surface area contributed by atoms with Crippen molar-refractivity contribution in [3.8, 4) is 0 Å². The van der Waals surface area contributed by atoms with E-state index in [1.807, 2.05) is 14.0 Å². The van der Waals surface area contributed by atoms with Gasteiger partial charge in [-0.05, 0) is 20.9 Å². The Kier molecular flexibility index (Phi) is 6.10. The van der Waals surface area contributed by atoms with Gasteiger partial charge in [0.15, 0.2) is 0 Å². The second kappa shape index (κ2) is 7.84. The van der Waals surface area contributed by atoms with E-state index in [0.29, 0.717) is 19.6 Å². The van der Waals surface area contributed by atoms with E-state index in [9.17, 15) is 5.11 Å². The lowest BCUT2D eigenvalue weighted by Crippen LogP contribution is -2.44. The van der Waals surface area contributed by atoms with Crippen molar-refractivity contribution in [2.45, 2.75) is 33.0 Å². The van der Waals surface area contributed by atoms with Crippen LogP contribution in [-0.4, -0.2) is 82.2 Å². The molecule has 0 aliphatic carbocycles. The maximum absolute atomic E-state index is 10.2. The molecule has 0 bridgehead atoms. The molecule has 1 aromatic rings. The Morgan fingerprint density at radius 1 is 1.33 bits per heavy atom. The second-order valence-electron chi connectivity index (χ2n) is 5.67. The SMILES string of the molecule is CCn1c(C)nnc1CN(C)CC(O)CN1CCOCC1. The molecule has 0 radical (unpaired) electrons. The summed E-state index contributed by atoms with van der Waals surface area (Å²) in [7, 11) is 2.01. The number of aryl methyl sites for hydroxylation is 1. The number of aromatic nitrogens is 3. The fraction of sp³-hybridized carbons (Fsp3) is 0.857. The van der Waals surface area contributed by atoms with Gasteiger partial charge >= 0.3 is 0 Å². The smallest absolute Gasteiger partial charge is 0.147 e. The number of β-amino-alcohol motifs (C(OH)–C–C–N with tert-alkyl or cyclic N) is 1. The molecular formula is C14H27N5O2. The molecule has 1 N–H and O–H groups in total. The number of nitrogens with zero attached hydrogens (tertiary/aromatic N) is 5. The summed E-state index contributed by atoms with van der Waals surface area (Å²) in [5, 5.41) is 18.5. The summed E-state index contributed by atoms with van der Waals surface area (Å²) in [6.07, 6.45) is -0.354. The third-order valence-corrected chi connectivity index (χ3v) is 3.83. The van der Waals surface area contributed by atoms with Gasteiger partial charge in [-0.2, -0.15) is 0 Å². The van der Waals surface area contributed by atoms with Crippen LogP contribution < -0.4 is 0 Å². The fourth-order valence-corrected chi connectivity index (χ4v) is 2.76. The van der Waals surface area contributed by atoms with E-state index in [4.69, 9.17) is 4.74 Å². The van der Waals surface area contributed by atoms with Crippen molar-refractivity contribution in [2.75, 3.05) is 46.4 Å². The number of aliphatic hydroxyl groups excluding tert-OH is 1. The fourth-order valence-electron chi connectivity index (χ4n) is 2.76. The molecule has 1 unspecified atom stereocenters. The summed E-state index contributed by atoms with van der Waals surface area (Å²) < 4.78 is 7.42. The zero-order chi connectivity index (χ0) is 15.2. The summed E-state index contributed by atoms with van der Waals surface area (Å²) in [6, 6.07) is 0. The van der Waals surface area contributed by atoms with Crippen LogP contribution in [0.5, 0.6) is 0 Å². The lowest BCUT2D eigenvalue weighted by Gasteiger charge is -2.30. The predicted molar refractivity (Wildman–Crippen MR) is 80.0 cm³/mol. The van der Waals surface area contributed by atoms with E-state index in [1.165, 1.54) is 0 Å². The molecule has 2 heterocycles. The van der Waals surface area contributed by atoms with Crippen molar-refractivity contribution in [1.82, 2.24) is 24.6 Å². The average Bonchev–Trinajstić information content (AvgIpc) is 2.79. The minimum absolute atomic E-state index is 0.354. The number of likely N-dealkylation sites (N-methyl/N-ethyl adjacent to an activating group) is 1. The molecule has 0 saturated carbocycles. The molecule has 0 amide bonds. The zero-order valence-electron chi connectivity index (χ0n) is 13.3. The van der Waals surface area contributed by atoms with Crippen molar-refractivity contribution in [3.63, 3.8) is 0 Å². The highest BCUT2D eigenvalue weighted by molar-refractivity contribution is 4.93. The highest BCUT2D eigenvalue weighted by atomic mass is 16.5. The summed E-state index contributed by atoms with van der Waals surface area (Å²) >= 11 is 0. The van der Waals surface area contributed by atoms with Crippen LogP contribution in [0, 0.1) is 6.92 Å². The maximum atomic E-state index is 10.2. The molecule has 2 rings (SSSR count). The van der Waals surface area contributed by atoms with Crippen LogP contribution in [0.2, 0.25) is 0 Å². The molecule has 7 nitrogen and oxygen atoms in total. The second-order valence-corrected chi connectivity index (χ2v) is 5.67. The first-order chi connectivity index (χ1) is 10.1. The van der Waals surface area contributed by atoms with Crippen molar-refractivity contribution >= 4 is 0 Å². The summed E-state index contributed by atoms with van der Waals surface area (Å²) in [4.78, 5) is 4.35. The van der Waals surface area contributed by atoms with Gasteiger partial charge in [0.1, 0.15) is 11.6 Å². The number of hydrogen-bond acceptors (Lipinski definition) is 6. The molecule has 21 heavy (non-hydrogen) atoms. The normalized spacial score (nSPS) is 18.3. The standard InChI is InChI=1S/C14H27N5O2/c1-4-19-12(2)15-16-14(19)11-17(3)9-13(20)10-18-5-7-21-8-6-18/h13,20H,4-11H2,1-3H3. The number of hydrogen-bond donors (Lipinski definition) is 1. The molecule has 1 atom stereocenters. The van der Waals surface area contributed by atoms with Crippen LogP contribution in [0.25, 0.3) is 0 Å². The first-order valence-electron chi connectivity index (χ1n) is 7.65. The molecular weight excluding hydrogens is 270 g/mol. The topological polar surface area (TPSA) is 66.7 Å². The van der Waals surface area contributed by atoms with Crippen molar-refractivity contribution < 1.29 is 9.84 Å². The Labute approximate surface area is 126 Å². The quantitative estimate of drug-likeness (QED) is 0.747. The number of aliphatic hydroxyl groups is 1. The van der Waals surface area contributed by atoms with E-state index < -0.39 is 0 Å². The molecule has 1 saturated heterocycles. The molecule has 1 aliphatic heterocycles. The van der Waals surface area contributed by atoms with Crippen molar-refractivity contribution in [2.24, 2.45) is 0 Å². The summed E-state index contributed by atoms with van der Waals surface area (Å²) in [6.45, 7) is 10.3. The Hall–Kier alpha value is -1.02. The Morgan fingerprint density at radius 2 is 2.05 bits per heavy atom. The third kappa shape index (κ3) is 4.74. The van der Waals surface area contributed by atoms with Gasteiger partial charge in [0.05, 0.1) is 25.9 Å². The summed E-state index contributed by atoms with van der Waals surface area (Å²) in [5.74, 6) is 1.89. The van der Waals surface area contributed by atoms with Gasteiger partial charge < -0.3 is 14.4 Å². The minimum atomic E-state index is -0.354. The maximum Gasteiger partial charge on any atom is 0.147 e. The lowest BCUT2D eigenvalue weighted by atomic mass is 10.3. The molecule has 1 aromatic heterocycles. The van der Waals surface area contributed by atoms with Gasteiger partial charge in [-0.3, -0.25) is 9.80 Å². The summed E-state index contributed by atoms with van der Waals surface area (Å²) in [5.41, 5.74) is 0. The Bertz CT molecular complexity index is 431. The van der Waals surface area contributed by atoms with Crippen LogP contribution in [0.15, 0.2) is 0 Å². The zero-order valence-corrected chi connectivity index (χ0v) is 13.3. The highest BCUT2D eigenvalue weighted by Gasteiger charge is 2.17. The van der Waals surface area contributed by atoms with Crippen molar-refractivity contribution in [3.05, 3.63) is 11.6 Å². The highest BCUT2D eigenvalue weighted by Crippen LogP contribution is 2.05. The van der Waals surface area contributed by atoms with Crippen molar-refractivity contribution in [1.29, 1.82) is 0 Å². The van der Waals surface area contributed by atoms with E-state index in [2.05, 4.69) is 31.5 Å². The minimum Gasteiger partial charge on any atom is -0.390 e. The lowest BCUT2D eigenvalue weighted by molar-refractivity contribution is 0.00806. The molecule has 0 aromatic carbocycles. The van der Waals surface area contributed by atoms with Crippen LogP contribution in [0.3, 0.4) is 0 Å². The first kappa shape index (κ1) is 16.4. The monoisotopic (exact) mass is 297 g/mol. The predicted octanol–water partition coefficient (Wildman–Crippen LogP) is -0.269. The number of morpholine rings is 1. The molecule has 1 aliphatic rings. The van der Waals surface area contributed by atoms with Gasteiger partial charge in [-0.1, -0.05) is 0 Å². The van der Waals surface area contributed by atoms with Gasteiger partial charge in [0.25, 0.3) is 0 Å². The first-order valence-corrected chi connectivity index (χ1v) is 7.65. The van der Waals surface area contributed by atoms with E-state index in [-0.39, 0.29) is 6.10 Å². The van der Waals surface area contributed by atoms with Crippen LogP contribution in [-0.2, 0) is 17.8 Å². The van der Waals surface area contributed by atoms with E-state index in [1.54, 1.807) is 0 Å². The van der Waals surface area contributed by atoms with Crippen LogP contribution in [0.4, 0.5) is 0 Å². The number of rotatable bonds is 7. The van der Waals surface area contributed by atoms with Gasteiger partial charge in [-0.15, -0.1) is 10.2 Å². The van der Waals surface area contributed by atoms with Crippen LogP contribution >= 0.6 is 0 Å². The van der Waals surface area contributed by atoms with E-state index in [0.717, 1.165) is 44.5 Å². The third-order valence-electron chi connectivity index (χ3n) is 3.83. The molecule has 120 valence electrons. The molecule has 7 heteroatoms. The number of ether oxygens (including phenoxy) is 1. The molecule has 1 fully saturated rings.